The van der Waals surface area contributed by atoms with Crippen molar-refractivity contribution < 1.29 is 14.3 Å². The van der Waals surface area contributed by atoms with Crippen LogP contribution in [0.2, 0.25) is 0 Å². The van der Waals surface area contributed by atoms with Crippen LogP contribution < -0.4 is 14.4 Å². The SMILES string of the molecule is COc1ccc2sc(N3CCN(C(=O)c4ccccc4I)CC3)nc2c1OC. The van der Waals surface area contributed by atoms with Gasteiger partial charge in [-0.15, -0.1) is 0 Å². The smallest absolute Gasteiger partial charge is 0.255 e. The maximum atomic E-state index is 12.8. The van der Waals surface area contributed by atoms with Crippen molar-refractivity contribution in [1.29, 1.82) is 0 Å². The Morgan fingerprint density at radius 3 is 2.50 bits per heavy atom. The molecule has 0 spiro atoms. The number of anilines is 1. The van der Waals surface area contributed by atoms with Crippen molar-refractivity contribution >= 4 is 55.2 Å². The van der Waals surface area contributed by atoms with Crippen molar-refractivity contribution in [3.05, 3.63) is 45.5 Å². The van der Waals surface area contributed by atoms with Gasteiger partial charge in [0.25, 0.3) is 5.91 Å². The summed E-state index contributed by atoms with van der Waals surface area (Å²) in [7, 11) is 3.26. The second kappa shape index (κ2) is 8.12. The Bertz CT molecular complexity index is 1020. The number of aromatic nitrogens is 1. The fourth-order valence-corrected chi connectivity index (χ4v) is 4.97. The zero-order valence-electron chi connectivity index (χ0n) is 15.6. The minimum absolute atomic E-state index is 0.0976. The molecule has 2 aromatic carbocycles. The van der Waals surface area contributed by atoms with E-state index in [0.29, 0.717) is 24.6 Å². The predicted octanol–water partition coefficient (Wildman–Crippen LogP) is 3.88. The van der Waals surface area contributed by atoms with Gasteiger partial charge in [-0.2, -0.15) is 0 Å². The lowest BCUT2D eigenvalue weighted by atomic mass is 10.2. The number of thiazole rings is 1. The molecule has 1 aromatic heterocycles. The summed E-state index contributed by atoms with van der Waals surface area (Å²) in [6, 6.07) is 11.6. The highest BCUT2D eigenvalue weighted by molar-refractivity contribution is 14.1. The average molecular weight is 509 g/mol. The topological polar surface area (TPSA) is 54.9 Å². The van der Waals surface area contributed by atoms with Crippen molar-refractivity contribution in [1.82, 2.24) is 9.88 Å². The van der Waals surface area contributed by atoms with E-state index < -0.39 is 0 Å². The number of ether oxygens (including phenoxy) is 2. The molecule has 6 nitrogen and oxygen atoms in total. The lowest BCUT2D eigenvalue weighted by Crippen LogP contribution is -2.48. The summed E-state index contributed by atoms with van der Waals surface area (Å²) < 4.78 is 12.9. The van der Waals surface area contributed by atoms with E-state index in [0.717, 1.165) is 37.6 Å². The van der Waals surface area contributed by atoms with Crippen LogP contribution in [0.3, 0.4) is 0 Å². The summed E-state index contributed by atoms with van der Waals surface area (Å²) >= 11 is 3.85. The van der Waals surface area contributed by atoms with E-state index in [1.807, 2.05) is 41.3 Å². The number of piperazine rings is 1. The maximum absolute atomic E-state index is 12.8. The quantitative estimate of drug-likeness (QED) is 0.500. The highest BCUT2D eigenvalue weighted by atomic mass is 127. The number of methoxy groups -OCH3 is 2. The first-order chi connectivity index (χ1) is 13.6. The van der Waals surface area contributed by atoms with Gasteiger partial charge in [0.1, 0.15) is 5.52 Å². The van der Waals surface area contributed by atoms with Crippen LogP contribution >= 0.6 is 33.9 Å². The van der Waals surface area contributed by atoms with E-state index in [9.17, 15) is 4.79 Å². The Labute approximate surface area is 181 Å². The van der Waals surface area contributed by atoms with Crippen LogP contribution in [0, 0.1) is 3.57 Å². The van der Waals surface area contributed by atoms with Gasteiger partial charge in [-0.3, -0.25) is 4.79 Å². The van der Waals surface area contributed by atoms with Crippen molar-refractivity contribution in [2.45, 2.75) is 0 Å². The van der Waals surface area contributed by atoms with Crippen LogP contribution in [-0.4, -0.2) is 56.2 Å². The zero-order valence-corrected chi connectivity index (χ0v) is 18.6. The fourth-order valence-electron chi connectivity index (χ4n) is 3.34. The van der Waals surface area contributed by atoms with Crippen LogP contribution in [-0.2, 0) is 0 Å². The Hall–Kier alpha value is -2.07. The van der Waals surface area contributed by atoms with Crippen molar-refractivity contribution in [2.24, 2.45) is 0 Å². The molecule has 28 heavy (non-hydrogen) atoms. The molecular formula is C20H20IN3O3S. The number of amides is 1. The van der Waals surface area contributed by atoms with E-state index in [-0.39, 0.29) is 5.91 Å². The van der Waals surface area contributed by atoms with E-state index in [1.54, 1.807) is 25.6 Å². The Kier molecular flexibility index (Phi) is 5.58. The van der Waals surface area contributed by atoms with Gasteiger partial charge >= 0.3 is 0 Å². The first-order valence-corrected chi connectivity index (χ1v) is 10.8. The number of hydrogen-bond acceptors (Lipinski definition) is 6. The van der Waals surface area contributed by atoms with Gasteiger partial charge in [0.15, 0.2) is 16.6 Å². The number of fused-ring (bicyclic) bond motifs is 1. The number of nitrogens with zero attached hydrogens (tertiary/aromatic N) is 3. The largest absolute Gasteiger partial charge is 0.493 e. The summed E-state index contributed by atoms with van der Waals surface area (Å²) in [5.41, 5.74) is 1.59. The van der Waals surface area contributed by atoms with Gasteiger partial charge in [-0.25, -0.2) is 4.98 Å². The van der Waals surface area contributed by atoms with Gasteiger partial charge < -0.3 is 19.3 Å². The molecule has 0 aliphatic carbocycles. The summed E-state index contributed by atoms with van der Waals surface area (Å²) in [5.74, 6) is 1.44. The molecule has 0 saturated carbocycles. The summed E-state index contributed by atoms with van der Waals surface area (Å²) in [6.45, 7) is 2.88. The molecule has 146 valence electrons. The zero-order chi connectivity index (χ0) is 19.7. The molecule has 1 aliphatic heterocycles. The molecule has 2 heterocycles. The molecule has 3 aromatic rings. The van der Waals surface area contributed by atoms with Crippen LogP contribution in [0.25, 0.3) is 10.2 Å². The summed E-state index contributed by atoms with van der Waals surface area (Å²) in [5, 5.41) is 0.947. The monoisotopic (exact) mass is 509 g/mol. The minimum Gasteiger partial charge on any atom is -0.493 e. The molecule has 0 N–H and O–H groups in total. The average Bonchev–Trinajstić information content (AvgIpc) is 3.17. The molecule has 1 saturated heterocycles. The Morgan fingerprint density at radius 1 is 1.07 bits per heavy atom. The van der Waals surface area contributed by atoms with Crippen molar-refractivity contribution in [2.75, 3.05) is 45.3 Å². The molecule has 1 aliphatic rings. The third kappa shape index (κ3) is 3.50. The normalized spacial score (nSPS) is 14.4. The van der Waals surface area contributed by atoms with E-state index in [2.05, 4.69) is 27.5 Å². The number of benzene rings is 2. The molecule has 0 radical (unpaired) electrons. The third-order valence-electron chi connectivity index (χ3n) is 4.83. The third-order valence-corrected chi connectivity index (χ3v) is 6.85. The minimum atomic E-state index is 0.0976. The van der Waals surface area contributed by atoms with Crippen molar-refractivity contribution in [3.63, 3.8) is 0 Å². The summed E-state index contributed by atoms with van der Waals surface area (Å²) in [6.07, 6.45) is 0. The molecule has 0 atom stereocenters. The van der Waals surface area contributed by atoms with Gasteiger partial charge in [-0.1, -0.05) is 23.5 Å². The Balaban J connectivity index is 1.51. The number of carbonyl (C=O) groups is 1. The van der Waals surface area contributed by atoms with Gasteiger partial charge in [0.05, 0.1) is 24.5 Å². The highest BCUT2D eigenvalue weighted by Crippen LogP contribution is 2.40. The number of halogens is 1. The van der Waals surface area contributed by atoms with Crippen molar-refractivity contribution in [3.8, 4) is 11.5 Å². The molecule has 4 rings (SSSR count). The van der Waals surface area contributed by atoms with Crippen LogP contribution in [0.4, 0.5) is 5.13 Å². The number of rotatable bonds is 4. The summed E-state index contributed by atoms with van der Waals surface area (Å²) in [4.78, 5) is 21.8. The molecular weight excluding hydrogens is 489 g/mol. The fraction of sp³-hybridized carbons (Fsp3) is 0.300. The van der Waals surface area contributed by atoms with Crippen LogP contribution in [0.5, 0.6) is 11.5 Å². The van der Waals surface area contributed by atoms with Gasteiger partial charge in [0, 0.05) is 29.7 Å². The molecule has 0 bridgehead atoms. The lowest BCUT2D eigenvalue weighted by Gasteiger charge is -2.34. The molecule has 0 unspecified atom stereocenters. The number of carbonyl (C=O) groups excluding carboxylic acids is 1. The van der Waals surface area contributed by atoms with Gasteiger partial charge in [0.2, 0.25) is 0 Å². The standard InChI is InChI=1S/C20H20IN3O3S/c1-26-15-7-8-16-17(18(15)27-2)22-20(28-16)24-11-9-23(10-12-24)19(25)13-5-3-4-6-14(13)21/h3-8H,9-12H2,1-2H3. The van der Waals surface area contributed by atoms with Crippen LogP contribution in [0.1, 0.15) is 10.4 Å². The second-order valence-corrected chi connectivity index (χ2v) is 8.57. The van der Waals surface area contributed by atoms with Crippen LogP contribution in [0.15, 0.2) is 36.4 Å². The molecule has 1 amide bonds. The highest BCUT2D eigenvalue weighted by Gasteiger charge is 2.25. The van der Waals surface area contributed by atoms with E-state index in [4.69, 9.17) is 14.5 Å². The first kappa shape index (κ1) is 19.3. The van der Waals surface area contributed by atoms with Gasteiger partial charge in [-0.05, 0) is 46.9 Å². The second-order valence-electron chi connectivity index (χ2n) is 6.40. The first-order valence-electron chi connectivity index (χ1n) is 8.92. The maximum Gasteiger partial charge on any atom is 0.255 e. The Morgan fingerprint density at radius 2 is 1.82 bits per heavy atom. The molecule has 8 heteroatoms. The lowest BCUT2D eigenvalue weighted by molar-refractivity contribution is 0.0745. The van der Waals surface area contributed by atoms with E-state index >= 15 is 0 Å². The predicted molar refractivity (Wildman–Crippen MR) is 120 cm³/mol. The number of hydrogen-bond donors (Lipinski definition) is 0. The molecule has 1 fully saturated rings. The van der Waals surface area contributed by atoms with E-state index in [1.165, 1.54) is 0 Å².